The lowest BCUT2D eigenvalue weighted by atomic mass is 9.96. The third-order valence-electron chi connectivity index (χ3n) is 5.49. The van der Waals surface area contributed by atoms with Crippen molar-refractivity contribution in [2.24, 2.45) is 0 Å². The molecule has 3 aromatic rings. The van der Waals surface area contributed by atoms with Gasteiger partial charge in [0.05, 0.1) is 19.0 Å². The summed E-state index contributed by atoms with van der Waals surface area (Å²) in [5.74, 6) is -1.71. The lowest BCUT2D eigenvalue weighted by Crippen LogP contribution is -2.47. The number of hydrogen-bond acceptors (Lipinski definition) is 9. The SMILES string of the molecule is Nc1nc(Cl)nc2c1ncn2C1OC(COC(C=O)(Cc2ccc(C(F)(F)F)nc2)C(=O)O)CC1F. The molecule has 192 valence electrons. The lowest BCUT2D eigenvalue weighted by molar-refractivity contribution is -0.172. The summed E-state index contributed by atoms with van der Waals surface area (Å²) in [4.78, 5) is 38.7. The summed E-state index contributed by atoms with van der Waals surface area (Å²) in [7, 11) is 0. The fourth-order valence-electron chi connectivity index (χ4n) is 3.71. The van der Waals surface area contributed by atoms with Crippen LogP contribution < -0.4 is 5.73 Å². The number of nitrogens with zero attached hydrogens (tertiary/aromatic N) is 5. The molecule has 1 aliphatic rings. The maximum atomic E-state index is 14.8. The van der Waals surface area contributed by atoms with Crippen molar-refractivity contribution in [3.63, 3.8) is 0 Å². The Bertz CT molecular complexity index is 1290. The molecule has 4 rings (SSSR count). The molecule has 36 heavy (non-hydrogen) atoms. The van der Waals surface area contributed by atoms with Crippen molar-refractivity contribution in [3.8, 4) is 0 Å². The highest BCUT2D eigenvalue weighted by Gasteiger charge is 2.44. The largest absolute Gasteiger partial charge is 0.479 e. The van der Waals surface area contributed by atoms with E-state index in [1.54, 1.807) is 0 Å². The predicted molar refractivity (Wildman–Crippen MR) is 113 cm³/mol. The second kappa shape index (κ2) is 9.55. The monoisotopic (exact) mass is 532 g/mol. The first-order chi connectivity index (χ1) is 16.9. The number of aliphatic carboxylic acids is 1. The number of alkyl halides is 4. The molecule has 1 saturated heterocycles. The van der Waals surface area contributed by atoms with E-state index in [-0.39, 0.29) is 40.5 Å². The Morgan fingerprint density at radius 2 is 2.08 bits per heavy atom. The number of carboxylic acids is 1. The van der Waals surface area contributed by atoms with E-state index in [1.165, 1.54) is 10.9 Å². The molecule has 0 radical (unpaired) electrons. The number of aldehydes is 1. The quantitative estimate of drug-likeness (QED) is 0.191. The summed E-state index contributed by atoms with van der Waals surface area (Å²) in [5, 5.41) is 9.46. The number of nitrogen functional groups attached to an aromatic ring is 1. The number of imidazole rings is 1. The Hall–Kier alpha value is -3.43. The molecule has 0 spiro atoms. The van der Waals surface area contributed by atoms with E-state index >= 15 is 0 Å². The molecular formula is C20H17ClF4N6O5. The molecular weight excluding hydrogens is 516 g/mol. The first-order valence-electron chi connectivity index (χ1n) is 10.2. The van der Waals surface area contributed by atoms with Gasteiger partial charge in [0.1, 0.15) is 17.4 Å². The number of fused-ring (bicyclic) bond motifs is 1. The molecule has 0 bridgehead atoms. The molecule has 3 aromatic heterocycles. The Labute approximate surface area is 204 Å². The van der Waals surface area contributed by atoms with E-state index in [0.717, 1.165) is 12.3 Å². The zero-order valence-electron chi connectivity index (χ0n) is 18.0. The molecule has 0 amide bonds. The second-order valence-corrected chi connectivity index (χ2v) is 8.29. The Kier molecular flexibility index (Phi) is 6.81. The molecule has 0 aliphatic carbocycles. The van der Waals surface area contributed by atoms with Crippen LogP contribution in [0.25, 0.3) is 11.2 Å². The van der Waals surface area contributed by atoms with Crippen LogP contribution in [0.15, 0.2) is 24.7 Å². The van der Waals surface area contributed by atoms with Gasteiger partial charge < -0.3 is 20.3 Å². The summed E-state index contributed by atoms with van der Waals surface area (Å²) < 4.78 is 65.3. The molecule has 16 heteroatoms. The van der Waals surface area contributed by atoms with Crippen molar-refractivity contribution in [3.05, 3.63) is 41.2 Å². The Balaban J connectivity index is 1.48. The molecule has 4 unspecified atom stereocenters. The van der Waals surface area contributed by atoms with Crippen LogP contribution in [0.2, 0.25) is 5.28 Å². The van der Waals surface area contributed by atoms with E-state index < -0.39 is 55.0 Å². The van der Waals surface area contributed by atoms with E-state index in [2.05, 4.69) is 19.9 Å². The van der Waals surface area contributed by atoms with Gasteiger partial charge >= 0.3 is 12.1 Å². The smallest absolute Gasteiger partial charge is 0.433 e. The van der Waals surface area contributed by atoms with E-state index in [4.69, 9.17) is 26.8 Å². The van der Waals surface area contributed by atoms with Gasteiger partial charge in [-0.3, -0.25) is 14.3 Å². The summed E-state index contributed by atoms with van der Waals surface area (Å²) in [5.41, 5.74) is 2.39. The van der Waals surface area contributed by atoms with Crippen LogP contribution in [0.1, 0.15) is 23.9 Å². The Morgan fingerprint density at radius 1 is 1.33 bits per heavy atom. The van der Waals surface area contributed by atoms with Gasteiger partial charge in [-0.2, -0.15) is 23.1 Å². The summed E-state index contributed by atoms with van der Waals surface area (Å²) in [6, 6.07) is 1.64. The van der Waals surface area contributed by atoms with Crippen molar-refractivity contribution in [1.29, 1.82) is 0 Å². The van der Waals surface area contributed by atoms with Gasteiger partial charge in [-0.05, 0) is 23.2 Å². The predicted octanol–water partition coefficient (Wildman–Crippen LogP) is 2.38. The molecule has 1 aliphatic heterocycles. The molecule has 11 nitrogen and oxygen atoms in total. The number of pyridine rings is 1. The number of rotatable bonds is 8. The number of carbonyl (C=O) groups is 2. The van der Waals surface area contributed by atoms with Crippen LogP contribution in [0, 0.1) is 0 Å². The van der Waals surface area contributed by atoms with Crippen LogP contribution in [-0.2, 0) is 31.7 Å². The minimum absolute atomic E-state index is 0.00474. The third kappa shape index (κ3) is 4.94. The van der Waals surface area contributed by atoms with Gasteiger partial charge in [-0.25, -0.2) is 14.2 Å². The minimum atomic E-state index is -4.69. The number of halogens is 5. The summed E-state index contributed by atoms with van der Waals surface area (Å²) in [6.45, 7) is -0.513. The number of ether oxygens (including phenoxy) is 2. The fourth-order valence-corrected chi connectivity index (χ4v) is 3.88. The van der Waals surface area contributed by atoms with Crippen molar-refractivity contribution < 1.29 is 41.7 Å². The number of carboxylic acid groups (broad SMARTS) is 1. The second-order valence-electron chi connectivity index (χ2n) is 7.95. The topological polar surface area (TPSA) is 155 Å². The minimum Gasteiger partial charge on any atom is -0.479 e. The van der Waals surface area contributed by atoms with Crippen LogP contribution in [0.5, 0.6) is 0 Å². The molecule has 3 N–H and O–H groups in total. The highest BCUT2D eigenvalue weighted by Crippen LogP contribution is 2.35. The van der Waals surface area contributed by atoms with Crippen LogP contribution in [0.3, 0.4) is 0 Å². The molecule has 4 heterocycles. The highest BCUT2D eigenvalue weighted by atomic mass is 35.5. The maximum Gasteiger partial charge on any atom is 0.433 e. The summed E-state index contributed by atoms with van der Waals surface area (Å²) >= 11 is 5.82. The maximum absolute atomic E-state index is 14.8. The zero-order chi connectivity index (χ0) is 26.3. The van der Waals surface area contributed by atoms with Crippen LogP contribution in [-0.4, -0.2) is 66.3 Å². The number of anilines is 1. The molecule has 1 fully saturated rings. The first kappa shape index (κ1) is 25.7. The third-order valence-corrected chi connectivity index (χ3v) is 5.65. The van der Waals surface area contributed by atoms with E-state index in [1.807, 2.05) is 0 Å². The van der Waals surface area contributed by atoms with Gasteiger partial charge in [0.15, 0.2) is 24.0 Å². The number of hydrogen-bond donors (Lipinski definition) is 2. The van der Waals surface area contributed by atoms with Gasteiger partial charge in [-0.1, -0.05) is 6.07 Å². The number of carbonyl (C=O) groups excluding carboxylic acids is 1. The van der Waals surface area contributed by atoms with E-state index in [0.29, 0.717) is 6.07 Å². The normalized spacial score (nSPS) is 22.0. The number of aromatic nitrogens is 5. The van der Waals surface area contributed by atoms with Gasteiger partial charge in [0.2, 0.25) is 10.9 Å². The van der Waals surface area contributed by atoms with Crippen LogP contribution >= 0.6 is 11.6 Å². The van der Waals surface area contributed by atoms with Crippen molar-refractivity contribution in [2.75, 3.05) is 12.3 Å². The Morgan fingerprint density at radius 3 is 2.69 bits per heavy atom. The van der Waals surface area contributed by atoms with Crippen molar-refractivity contribution in [2.45, 2.75) is 43.1 Å². The molecule has 0 aromatic carbocycles. The van der Waals surface area contributed by atoms with Crippen molar-refractivity contribution >= 4 is 40.8 Å². The highest BCUT2D eigenvalue weighted by molar-refractivity contribution is 6.28. The van der Waals surface area contributed by atoms with Gasteiger partial charge in [-0.15, -0.1) is 0 Å². The van der Waals surface area contributed by atoms with Crippen molar-refractivity contribution in [1.82, 2.24) is 24.5 Å². The fraction of sp³-hybridized carbons (Fsp3) is 0.400. The van der Waals surface area contributed by atoms with E-state index in [9.17, 15) is 32.3 Å². The zero-order valence-corrected chi connectivity index (χ0v) is 18.8. The molecule has 0 saturated carbocycles. The lowest BCUT2D eigenvalue weighted by Gasteiger charge is -2.25. The average molecular weight is 533 g/mol. The molecule has 4 atom stereocenters. The van der Waals surface area contributed by atoms with Gasteiger partial charge in [0.25, 0.3) is 0 Å². The average Bonchev–Trinajstić information content (AvgIpc) is 3.39. The summed E-state index contributed by atoms with van der Waals surface area (Å²) in [6.07, 6.45) is -7.30. The van der Waals surface area contributed by atoms with Gasteiger partial charge in [0, 0.05) is 19.0 Å². The standard InChI is InChI=1S/C20H17ClF4N6O5/c21-18-29-14(26)13-15(30-18)31(8-28-13)16-11(22)3-10(36-16)6-35-19(7-32,17(33)34)4-9-1-2-12(27-5-9)20(23,24)25/h1-2,5,7-8,10-11,16H,3-4,6H2,(H,33,34)(H2,26,29,30). The van der Waals surface area contributed by atoms with Crippen LogP contribution in [0.4, 0.5) is 23.4 Å². The first-order valence-corrected chi connectivity index (χ1v) is 10.6. The number of nitrogens with two attached hydrogens (primary N) is 1.